The van der Waals surface area contributed by atoms with E-state index in [4.69, 9.17) is 0 Å². The van der Waals surface area contributed by atoms with Crippen molar-refractivity contribution in [1.82, 2.24) is 20.4 Å². The SMILES string of the molecule is CCCCCCCCCCCNC(=O)[C@@H]1CCCN1C(=O)C(C)=C[C@H](C(C)C)N(C)C(=O)CNC=O. The molecule has 0 aromatic carbocycles. The highest BCUT2D eigenvalue weighted by Crippen LogP contribution is 2.22. The Hall–Kier alpha value is -2.38. The number of likely N-dealkylation sites (N-methyl/N-ethyl adjacent to an activating group) is 1. The lowest BCUT2D eigenvalue weighted by atomic mass is 9.99. The zero-order valence-electron chi connectivity index (χ0n) is 23.3. The Morgan fingerprint density at radius 2 is 1.64 bits per heavy atom. The summed E-state index contributed by atoms with van der Waals surface area (Å²) >= 11 is 0. The lowest BCUT2D eigenvalue weighted by molar-refractivity contribution is -0.135. The highest BCUT2D eigenvalue weighted by atomic mass is 16.2. The standard InChI is InChI=1S/C28H50N4O4/c1-6-7-8-9-10-11-12-13-14-17-30-27(35)24-16-15-18-32(24)28(36)23(4)19-25(22(2)3)31(5)26(34)20-29-21-33/h19,21-22,24-25H,6-18,20H2,1-5H3,(H,29,33)(H,30,35)/t24-,25+/m0/s1. The maximum absolute atomic E-state index is 13.2. The number of unbranched alkanes of at least 4 members (excludes halogenated alkanes) is 8. The molecular weight excluding hydrogens is 456 g/mol. The van der Waals surface area contributed by atoms with Crippen molar-refractivity contribution >= 4 is 24.1 Å². The van der Waals surface area contributed by atoms with Gasteiger partial charge in [-0.05, 0) is 32.1 Å². The van der Waals surface area contributed by atoms with E-state index in [1.165, 1.54) is 44.9 Å². The highest BCUT2D eigenvalue weighted by Gasteiger charge is 2.34. The Kier molecular flexibility index (Phi) is 15.8. The minimum absolute atomic E-state index is 0.0686. The van der Waals surface area contributed by atoms with Crippen molar-refractivity contribution in [3.05, 3.63) is 11.6 Å². The van der Waals surface area contributed by atoms with Crippen LogP contribution in [0.2, 0.25) is 0 Å². The fourth-order valence-electron chi connectivity index (χ4n) is 4.77. The van der Waals surface area contributed by atoms with Gasteiger partial charge in [-0.15, -0.1) is 0 Å². The molecule has 1 saturated heterocycles. The monoisotopic (exact) mass is 506 g/mol. The summed E-state index contributed by atoms with van der Waals surface area (Å²) in [4.78, 5) is 52.2. The molecule has 0 radical (unpaired) electrons. The summed E-state index contributed by atoms with van der Waals surface area (Å²) in [5, 5.41) is 5.43. The van der Waals surface area contributed by atoms with Crippen molar-refractivity contribution in [1.29, 1.82) is 0 Å². The van der Waals surface area contributed by atoms with E-state index in [0.717, 1.165) is 19.3 Å². The quantitative estimate of drug-likeness (QED) is 0.168. The lowest BCUT2D eigenvalue weighted by Gasteiger charge is -2.30. The van der Waals surface area contributed by atoms with Crippen molar-refractivity contribution in [2.45, 2.75) is 110 Å². The molecule has 0 unspecified atom stereocenters. The third kappa shape index (κ3) is 11.1. The van der Waals surface area contributed by atoms with Crippen LogP contribution < -0.4 is 10.6 Å². The van der Waals surface area contributed by atoms with Crippen LogP contribution in [0.1, 0.15) is 98.3 Å². The molecule has 1 aliphatic rings. The van der Waals surface area contributed by atoms with E-state index in [-0.39, 0.29) is 36.2 Å². The van der Waals surface area contributed by atoms with Crippen LogP contribution >= 0.6 is 0 Å². The largest absolute Gasteiger partial charge is 0.354 e. The molecule has 1 heterocycles. The molecule has 8 nitrogen and oxygen atoms in total. The van der Waals surface area contributed by atoms with Crippen LogP contribution in [0.15, 0.2) is 11.6 Å². The number of hydrogen-bond donors (Lipinski definition) is 2. The maximum Gasteiger partial charge on any atom is 0.249 e. The first-order chi connectivity index (χ1) is 17.2. The predicted octanol–water partition coefficient (Wildman–Crippen LogP) is 3.80. The van der Waals surface area contributed by atoms with Crippen LogP contribution in [-0.2, 0) is 19.2 Å². The Bertz CT molecular complexity index is 722. The van der Waals surface area contributed by atoms with E-state index in [9.17, 15) is 19.2 Å². The van der Waals surface area contributed by atoms with Gasteiger partial charge in [0.1, 0.15) is 6.04 Å². The van der Waals surface area contributed by atoms with Crippen molar-refractivity contribution < 1.29 is 19.2 Å². The van der Waals surface area contributed by atoms with E-state index in [2.05, 4.69) is 17.6 Å². The van der Waals surface area contributed by atoms with Gasteiger partial charge in [0.05, 0.1) is 12.6 Å². The summed E-state index contributed by atoms with van der Waals surface area (Å²) in [6, 6.07) is -0.732. The van der Waals surface area contributed by atoms with Gasteiger partial charge in [0.25, 0.3) is 0 Å². The topological polar surface area (TPSA) is 98.8 Å². The lowest BCUT2D eigenvalue weighted by Crippen LogP contribution is -2.47. The molecule has 36 heavy (non-hydrogen) atoms. The highest BCUT2D eigenvalue weighted by molar-refractivity contribution is 5.97. The Labute approximate surface area is 218 Å². The molecular formula is C28H50N4O4. The number of amides is 4. The van der Waals surface area contributed by atoms with Gasteiger partial charge in [0.2, 0.25) is 24.1 Å². The number of hydrogen-bond acceptors (Lipinski definition) is 4. The fraction of sp³-hybridized carbons (Fsp3) is 0.786. The van der Waals surface area contributed by atoms with E-state index < -0.39 is 6.04 Å². The van der Waals surface area contributed by atoms with Crippen LogP contribution in [0, 0.1) is 5.92 Å². The normalized spacial score (nSPS) is 16.7. The molecule has 0 saturated carbocycles. The average Bonchev–Trinajstić information content (AvgIpc) is 3.35. The Balaban J connectivity index is 2.56. The smallest absolute Gasteiger partial charge is 0.249 e. The molecule has 2 atom stereocenters. The van der Waals surface area contributed by atoms with E-state index in [0.29, 0.717) is 31.5 Å². The first-order valence-electron chi connectivity index (χ1n) is 13.9. The molecule has 0 aromatic rings. The molecule has 8 heteroatoms. The summed E-state index contributed by atoms with van der Waals surface area (Å²) in [6.45, 7) is 9.07. The molecule has 1 rings (SSSR count). The molecule has 0 aromatic heterocycles. The first-order valence-corrected chi connectivity index (χ1v) is 13.9. The minimum atomic E-state index is -0.437. The van der Waals surface area contributed by atoms with Gasteiger partial charge in [-0.2, -0.15) is 0 Å². The number of nitrogens with one attached hydrogen (secondary N) is 2. The number of likely N-dealkylation sites (tertiary alicyclic amines) is 1. The van der Waals surface area contributed by atoms with Gasteiger partial charge >= 0.3 is 0 Å². The fourth-order valence-corrected chi connectivity index (χ4v) is 4.77. The predicted molar refractivity (Wildman–Crippen MR) is 144 cm³/mol. The maximum atomic E-state index is 13.2. The number of rotatable bonds is 18. The third-order valence-corrected chi connectivity index (χ3v) is 7.01. The second-order valence-corrected chi connectivity index (χ2v) is 10.4. The average molecular weight is 507 g/mol. The van der Waals surface area contributed by atoms with Crippen LogP contribution in [-0.4, -0.2) is 72.7 Å². The van der Waals surface area contributed by atoms with E-state index in [1.54, 1.807) is 29.8 Å². The molecule has 0 spiro atoms. The third-order valence-electron chi connectivity index (χ3n) is 7.01. The van der Waals surface area contributed by atoms with Gasteiger partial charge in [0.15, 0.2) is 0 Å². The summed E-state index contributed by atoms with van der Waals surface area (Å²) < 4.78 is 0. The summed E-state index contributed by atoms with van der Waals surface area (Å²) in [5.41, 5.74) is 0.523. The van der Waals surface area contributed by atoms with Crippen molar-refractivity contribution in [3.8, 4) is 0 Å². The van der Waals surface area contributed by atoms with Crippen molar-refractivity contribution in [3.63, 3.8) is 0 Å². The van der Waals surface area contributed by atoms with Crippen LogP contribution in [0.3, 0.4) is 0 Å². The first kappa shape index (κ1) is 31.6. The van der Waals surface area contributed by atoms with Crippen LogP contribution in [0.4, 0.5) is 0 Å². The molecule has 4 amide bonds. The van der Waals surface area contributed by atoms with Gasteiger partial charge in [-0.1, -0.05) is 78.2 Å². The number of carbonyl (C=O) groups excluding carboxylic acids is 4. The molecule has 0 aliphatic carbocycles. The van der Waals surface area contributed by atoms with Gasteiger partial charge in [0, 0.05) is 25.7 Å². The van der Waals surface area contributed by atoms with Gasteiger partial charge < -0.3 is 20.4 Å². The Morgan fingerprint density at radius 1 is 1.03 bits per heavy atom. The number of nitrogens with zero attached hydrogens (tertiary/aromatic N) is 2. The second-order valence-electron chi connectivity index (χ2n) is 10.4. The van der Waals surface area contributed by atoms with E-state index >= 15 is 0 Å². The number of carbonyl (C=O) groups is 4. The molecule has 1 aliphatic heterocycles. The van der Waals surface area contributed by atoms with Crippen molar-refractivity contribution in [2.75, 3.05) is 26.7 Å². The summed E-state index contributed by atoms with van der Waals surface area (Å²) in [5.74, 6) is -0.381. The molecule has 206 valence electrons. The van der Waals surface area contributed by atoms with Gasteiger partial charge in [-0.25, -0.2) is 0 Å². The summed E-state index contributed by atoms with van der Waals surface area (Å²) in [7, 11) is 1.67. The summed E-state index contributed by atoms with van der Waals surface area (Å²) in [6.07, 6.45) is 14.9. The van der Waals surface area contributed by atoms with Gasteiger partial charge in [-0.3, -0.25) is 19.2 Å². The van der Waals surface area contributed by atoms with Crippen LogP contribution in [0.5, 0.6) is 0 Å². The molecule has 2 N–H and O–H groups in total. The second kappa shape index (κ2) is 18.0. The zero-order chi connectivity index (χ0) is 26.9. The molecule has 0 bridgehead atoms. The Morgan fingerprint density at radius 3 is 2.22 bits per heavy atom. The minimum Gasteiger partial charge on any atom is -0.354 e. The van der Waals surface area contributed by atoms with E-state index in [1.807, 2.05) is 13.8 Å². The van der Waals surface area contributed by atoms with Crippen LogP contribution in [0.25, 0.3) is 0 Å². The molecule has 1 fully saturated rings. The van der Waals surface area contributed by atoms with Crippen molar-refractivity contribution in [2.24, 2.45) is 5.92 Å². The zero-order valence-corrected chi connectivity index (χ0v) is 23.3.